The number of rotatable bonds is 10. The van der Waals surface area contributed by atoms with Crippen LogP contribution in [0.25, 0.3) is 16.6 Å². The average molecular weight is 628 g/mol. The molecule has 1 aromatic heterocycles. The first-order valence-corrected chi connectivity index (χ1v) is 14.4. The molecule has 3 aromatic rings. The zero-order chi connectivity index (χ0) is 31.4. The van der Waals surface area contributed by atoms with Gasteiger partial charge in [-0.15, -0.1) is 0 Å². The van der Waals surface area contributed by atoms with Crippen LogP contribution in [0, 0.1) is 5.92 Å². The van der Waals surface area contributed by atoms with Crippen LogP contribution >= 0.6 is 23.2 Å². The lowest BCUT2D eigenvalue weighted by Crippen LogP contribution is -2.44. The summed E-state index contributed by atoms with van der Waals surface area (Å²) in [4.78, 5) is 65.3. The van der Waals surface area contributed by atoms with Crippen molar-refractivity contribution in [2.45, 2.75) is 45.4 Å². The number of benzene rings is 2. The molecule has 2 amide bonds. The molecule has 1 heterocycles. The van der Waals surface area contributed by atoms with E-state index >= 15 is 0 Å². The third kappa shape index (κ3) is 7.09. The number of nitrogens with one attached hydrogen (secondary N) is 1. The number of ether oxygens (including phenoxy) is 1. The van der Waals surface area contributed by atoms with Crippen molar-refractivity contribution in [1.29, 1.82) is 0 Å². The Hall–Kier alpha value is -4.15. The van der Waals surface area contributed by atoms with Gasteiger partial charge in [0, 0.05) is 26.3 Å². The molecular weight excluding hydrogens is 595 g/mol. The Morgan fingerprint density at radius 1 is 1.16 bits per heavy atom. The number of nitrogens with zero attached hydrogens (tertiary/aromatic N) is 3. The van der Waals surface area contributed by atoms with E-state index < -0.39 is 35.3 Å². The number of carbonyl (C=O) groups excluding carboxylic acids is 3. The Balaban J connectivity index is 1.59. The second-order valence-electron chi connectivity index (χ2n) is 10.7. The summed E-state index contributed by atoms with van der Waals surface area (Å²) in [5.41, 5.74) is 0.687. The predicted molar refractivity (Wildman–Crippen MR) is 166 cm³/mol. The lowest BCUT2D eigenvalue weighted by Gasteiger charge is -2.24. The molecule has 0 saturated carbocycles. The van der Waals surface area contributed by atoms with Crippen molar-refractivity contribution < 1.29 is 19.1 Å². The van der Waals surface area contributed by atoms with E-state index in [4.69, 9.17) is 27.9 Å². The highest BCUT2D eigenvalue weighted by Crippen LogP contribution is 2.26. The molecule has 1 aliphatic carbocycles. The van der Waals surface area contributed by atoms with Crippen LogP contribution in [0.3, 0.4) is 0 Å². The Kier molecular flexibility index (Phi) is 9.93. The van der Waals surface area contributed by atoms with E-state index in [0.29, 0.717) is 36.0 Å². The van der Waals surface area contributed by atoms with Gasteiger partial charge in [0.2, 0.25) is 6.41 Å². The number of allylic oxidation sites excluding steroid dienone is 4. The van der Waals surface area contributed by atoms with Gasteiger partial charge in [0.1, 0.15) is 6.04 Å². The van der Waals surface area contributed by atoms with Crippen LogP contribution in [0.2, 0.25) is 10.0 Å². The normalized spacial score (nSPS) is 15.2. The van der Waals surface area contributed by atoms with Crippen LogP contribution in [0.15, 0.2) is 64.2 Å². The van der Waals surface area contributed by atoms with E-state index in [-0.39, 0.29) is 27.9 Å². The molecule has 0 saturated heterocycles. The molecule has 2 aromatic carbocycles. The SMILES string of the molecule is CC(C)OC(=O)[C@H](CC1C=CC(n2c(=O)c3cc(CN(C)C=O)ccc3n(C)c2=O)=CC1)NC(=O)c1c(Cl)cccc1Cl. The minimum atomic E-state index is -1.01. The molecule has 2 atom stereocenters. The summed E-state index contributed by atoms with van der Waals surface area (Å²) in [6.45, 7) is 3.73. The van der Waals surface area contributed by atoms with Gasteiger partial charge in [-0.2, -0.15) is 0 Å². The maximum Gasteiger partial charge on any atom is 0.335 e. The number of carbonyl (C=O) groups is 3. The maximum atomic E-state index is 13.5. The first-order valence-electron chi connectivity index (χ1n) is 13.7. The maximum absolute atomic E-state index is 13.5. The highest BCUT2D eigenvalue weighted by Gasteiger charge is 2.29. The van der Waals surface area contributed by atoms with Crippen LogP contribution in [0.4, 0.5) is 0 Å². The molecule has 0 spiro atoms. The molecule has 10 nitrogen and oxygen atoms in total. The Labute approximate surface area is 258 Å². The molecule has 43 heavy (non-hydrogen) atoms. The van der Waals surface area contributed by atoms with E-state index in [2.05, 4.69) is 5.32 Å². The Morgan fingerprint density at radius 2 is 1.86 bits per heavy atom. The van der Waals surface area contributed by atoms with E-state index in [9.17, 15) is 24.0 Å². The van der Waals surface area contributed by atoms with E-state index in [1.165, 1.54) is 21.6 Å². The van der Waals surface area contributed by atoms with Gasteiger partial charge in [0.15, 0.2) is 0 Å². The predicted octanol–water partition coefficient (Wildman–Crippen LogP) is 4.15. The number of fused-ring (bicyclic) bond motifs is 1. The summed E-state index contributed by atoms with van der Waals surface area (Å²) in [6.07, 6.45) is 6.08. The van der Waals surface area contributed by atoms with Crippen molar-refractivity contribution in [3.05, 3.63) is 96.6 Å². The van der Waals surface area contributed by atoms with Crippen LogP contribution < -0.4 is 16.6 Å². The van der Waals surface area contributed by atoms with E-state index in [1.54, 1.807) is 70.4 Å². The highest BCUT2D eigenvalue weighted by atomic mass is 35.5. The van der Waals surface area contributed by atoms with Crippen molar-refractivity contribution in [2.75, 3.05) is 7.05 Å². The fourth-order valence-corrected chi connectivity index (χ4v) is 5.50. The van der Waals surface area contributed by atoms with Crippen molar-refractivity contribution >= 4 is 58.1 Å². The molecule has 0 fully saturated rings. The third-order valence-corrected chi connectivity index (χ3v) is 7.67. The molecule has 1 unspecified atom stereocenters. The van der Waals surface area contributed by atoms with Crippen LogP contribution in [0.1, 0.15) is 42.6 Å². The molecule has 12 heteroatoms. The van der Waals surface area contributed by atoms with Crippen LogP contribution in [-0.2, 0) is 27.9 Å². The van der Waals surface area contributed by atoms with Gasteiger partial charge in [0.05, 0.1) is 32.6 Å². The molecular formula is C31H32Cl2N4O6. The van der Waals surface area contributed by atoms with E-state index in [0.717, 1.165) is 10.1 Å². The molecule has 226 valence electrons. The minimum Gasteiger partial charge on any atom is -0.461 e. The summed E-state index contributed by atoms with van der Waals surface area (Å²) in [6, 6.07) is 8.82. The molecule has 1 aliphatic rings. The van der Waals surface area contributed by atoms with Crippen LogP contribution in [-0.4, -0.2) is 51.5 Å². The molecule has 0 bridgehead atoms. The summed E-state index contributed by atoms with van der Waals surface area (Å²) in [5, 5.41) is 3.35. The summed E-state index contributed by atoms with van der Waals surface area (Å²) >= 11 is 12.4. The molecule has 0 aliphatic heterocycles. The zero-order valence-electron chi connectivity index (χ0n) is 24.2. The Bertz CT molecular complexity index is 1740. The van der Waals surface area contributed by atoms with Crippen molar-refractivity contribution in [3.63, 3.8) is 0 Å². The second kappa shape index (κ2) is 13.4. The van der Waals surface area contributed by atoms with Gasteiger partial charge < -0.3 is 15.0 Å². The summed E-state index contributed by atoms with van der Waals surface area (Å²) in [5.74, 6) is -1.44. The number of esters is 1. The number of aromatic nitrogens is 2. The first-order chi connectivity index (χ1) is 20.4. The topological polar surface area (TPSA) is 120 Å². The monoisotopic (exact) mass is 626 g/mol. The van der Waals surface area contributed by atoms with Gasteiger partial charge in [-0.25, -0.2) is 14.2 Å². The number of hydrogen-bond donors (Lipinski definition) is 1. The lowest BCUT2D eigenvalue weighted by atomic mass is 9.92. The second-order valence-corrected chi connectivity index (χ2v) is 11.5. The van der Waals surface area contributed by atoms with Gasteiger partial charge >= 0.3 is 11.7 Å². The fourth-order valence-electron chi connectivity index (χ4n) is 4.93. The smallest absolute Gasteiger partial charge is 0.335 e. The Morgan fingerprint density at radius 3 is 2.47 bits per heavy atom. The number of halogens is 2. The fraction of sp³-hybridized carbons (Fsp3) is 0.323. The van der Waals surface area contributed by atoms with Crippen molar-refractivity contribution in [3.8, 4) is 0 Å². The quantitative estimate of drug-likeness (QED) is 0.267. The molecule has 4 rings (SSSR count). The van der Waals surface area contributed by atoms with Gasteiger partial charge in [-0.1, -0.05) is 47.5 Å². The van der Waals surface area contributed by atoms with Crippen molar-refractivity contribution in [2.24, 2.45) is 13.0 Å². The largest absolute Gasteiger partial charge is 0.461 e. The van der Waals surface area contributed by atoms with Gasteiger partial charge in [-0.3, -0.25) is 19.0 Å². The number of aryl methyl sites for hydroxylation is 1. The third-order valence-electron chi connectivity index (χ3n) is 7.04. The van der Waals surface area contributed by atoms with E-state index in [1.807, 2.05) is 0 Å². The molecule has 1 N–H and O–H groups in total. The highest BCUT2D eigenvalue weighted by molar-refractivity contribution is 6.39. The van der Waals surface area contributed by atoms with Crippen LogP contribution in [0.5, 0.6) is 0 Å². The lowest BCUT2D eigenvalue weighted by molar-refractivity contribution is -0.150. The minimum absolute atomic E-state index is 0.0574. The average Bonchev–Trinajstić information content (AvgIpc) is 2.96. The molecule has 0 radical (unpaired) electrons. The van der Waals surface area contributed by atoms with Gasteiger partial charge in [-0.05, 0) is 68.5 Å². The van der Waals surface area contributed by atoms with Crippen molar-refractivity contribution in [1.82, 2.24) is 19.4 Å². The zero-order valence-corrected chi connectivity index (χ0v) is 25.7. The number of hydrogen-bond acceptors (Lipinski definition) is 6. The number of amides is 2. The van der Waals surface area contributed by atoms with Gasteiger partial charge in [0.25, 0.3) is 11.5 Å². The standard InChI is InChI=1S/C31H32Cl2N4O6/c1-18(2)43-30(41)25(34-28(39)27-23(32)6-5-7-24(27)33)15-19-8-11-21(12-9-19)37-29(40)22-14-20(16-35(3)17-38)10-13-26(22)36(4)31(37)42/h5-8,10-14,17-19,25H,9,15-16H2,1-4H3,(H,34,39)/t19?,25-/m0/s1. The summed E-state index contributed by atoms with van der Waals surface area (Å²) < 4.78 is 7.90. The summed E-state index contributed by atoms with van der Waals surface area (Å²) in [7, 11) is 3.22. The first kappa shape index (κ1) is 31.8.